The van der Waals surface area contributed by atoms with Gasteiger partial charge in [0.15, 0.2) is 18.2 Å². The Balaban J connectivity index is 1.32. The third-order valence-corrected chi connectivity index (χ3v) is 8.38. The van der Waals surface area contributed by atoms with Gasteiger partial charge in [0.05, 0.1) is 0 Å². The molecule has 3 unspecified atom stereocenters. The van der Waals surface area contributed by atoms with Gasteiger partial charge in [-0.1, -0.05) is 19.1 Å². The number of aliphatic hydroxyl groups is 1. The van der Waals surface area contributed by atoms with Crippen LogP contribution in [-0.4, -0.2) is 43.2 Å². The van der Waals surface area contributed by atoms with Gasteiger partial charge in [0.2, 0.25) is 5.79 Å². The average molecular weight is 432 g/mol. The lowest BCUT2D eigenvalue weighted by Crippen LogP contribution is -2.70. The first kappa shape index (κ1) is 21.7. The zero-order valence-electron chi connectivity index (χ0n) is 19.3. The maximum absolute atomic E-state index is 11.0. The van der Waals surface area contributed by atoms with Crippen LogP contribution in [0.1, 0.15) is 57.9 Å². The molecule has 5 fully saturated rings. The first-order valence-corrected chi connectivity index (χ1v) is 12.0. The van der Waals surface area contributed by atoms with E-state index in [1.165, 1.54) is 11.3 Å². The number of aliphatic hydroxyl groups excluding tert-OH is 1. The van der Waals surface area contributed by atoms with Gasteiger partial charge in [0.1, 0.15) is 0 Å². The van der Waals surface area contributed by atoms with Gasteiger partial charge >= 0.3 is 0 Å². The molecule has 1 aromatic carbocycles. The molecule has 31 heavy (non-hydrogen) atoms. The number of anilines is 1. The molecule has 6 nitrogen and oxygen atoms in total. The Kier molecular flexibility index (Phi) is 5.58. The van der Waals surface area contributed by atoms with Crippen LogP contribution in [0.2, 0.25) is 0 Å². The number of hydrogen-bond donors (Lipinski definition) is 1. The summed E-state index contributed by atoms with van der Waals surface area (Å²) in [6, 6.07) is 8.73. The predicted octanol–water partition coefficient (Wildman–Crippen LogP) is 4.26. The Morgan fingerprint density at radius 3 is 2.58 bits per heavy atom. The summed E-state index contributed by atoms with van der Waals surface area (Å²) in [5.41, 5.74) is 1.93. The molecular formula is C25H37NO5. The van der Waals surface area contributed by atoms with Gasteiger partial charge in [-0.15, -0.1) is 0 Å². The van der Waals surface area contributed by atoms with E-state index >= 15 is 0 Å². The Morgan fingerprint density at radius 2 is 1.84 bits per heavy atom. The Bertz CT molecular complexity index is 785. The SMILES string of the molecule is C[C@@H]1CC[C@H]2[C@@H](CCCc3ccc(N(C)C)cc3)C(O)O[C@@H]3OC4(C)CC[C@@H]1C32OO4. The lowest BCUT2D eigenvalue weighted by Gasteiger charge is -2.60. The van der Waals surface area contributed by atoms with E-state index in [1.54, 1.807) is 0 Å². The summed E-state index contributed by atoms with van der Waals surface area (Å²) < 4.78 is 12.4. The fourth-order valence-electron chi connectivity index (χ4n) is 6.58. The van der Waals surface area contributed by atoms with Gasteiger partial charge < -0.3 is 19.5 Å². The molecule has 0 amide bonds. The molecule has 4 saturated heterocycles. The number of fused-ring (bicyclic) bond motifs is 2. The van der Waals surface area contributed by atoms with Crippen LogP contribution >= 0.6 is 0 Å². The highest BCUT2D eigenvalue weighted by atomic mass is 17.3. The van der Waals surface area contributed by atoms with E-state index in [-0.39, 0.29) is 11.8 Å². The number of aryl methyl sites for hydroxylation is 1. The van der Waals surface area contributed by atoms with Crippen LogP contribution in [0, 0.1) is 23.7 Å². The van der Waals surface area contributed by atoms with Crippen molar-refractivity contribution in [2.75, 3.05) is 19.0 Å². The van der Waals surface area contributed by atoms with Crippen LogP contribution in [-0.2, 0) is 25.7 Å². The van der Waals surface area contributed by atoms with Crippen molar-refractivity contribution in [3.05, 3.63) is 29.8 Å². The molecule has 0 aromatic heterocycles. The number of rotatable bonds is 5. The molecule has 6 heteroatoms. The molecule has 1 saturated carbocycles. The van der Waals surface area contributed by atoms with Crippen molar-refractivity contribution >= 4 is 5.69 Å². The zero-order valence-corrected chi connectivity index (χ0v) is 19.3. The van der Waals surface area contributed by atoms with Crippen LogP contribution < -0.4 is 4.90 Å². The van der Waals surface area contributed by atoms with E-state index in [9.17, 15) is 5.11 Å². The summed E-state index contributed by atoms with van der Waals surface area (Å²) in [7, 11) is 4.11. The van der Waals surface area contributed by atoms with Gasteiger partial charge in [-0.05, 0) is 75.0 Å². The number of benzene rings is 1. The molecular weight excluding hydrogens is 394 g/mol. The maximum atomic E-state index is 11.0. The second-order valence-electron chi connectivity index (χ2n) is 10.6. The summed E-state index contributed by atoms with van der Waals surface area (Å²) in [6.45, 7) is 4.23. The van der Waals surface area contributed by atoms with E-state index in [1.807, 2.05) is 6.92 Å². The third kappa shape index (κ3) is 3.61. The Hall–Kier alpha value is -1.18. The molecule has 2 bridgehead atoms. The normalized spacial score (nSPS) is 43.9. The van der Waals surface area contributed by atoms with Crippen molar-refractivity contribution in [3.63, 3.8) is 0 Å². The number of hydrogen-bond acceptors (Lipinski definition) is 6. The van der Waals surface area contributed by atoms with Gasteiger partial charge in [-0.2, -0.15) is 0 Å². The minimum atomic E-state index is -0.822. The largest absolute Gasteiger partial charge is 0.378 e. The maximum Gasteiger partial charge on any atom is 0.201 e. The van der Waals surface area contributed by atoms with Gasteiger partial charge in [0.25, 0.3) is 0 Å². The molecule has 1 aromatic rings. The fraction of sp³-hybridized carbons (Fsp3) is 0.760. The quantitative estimate of drug-likeness (QED) is 0.703. The molecule has 1 spiro atoms. The number of nitrogens with zero attached hydrogens (tertiary/aromatic N) is 1. The van der Waals surface area contributed by atoms with Gasteiger partial charge in [-0.25, -0.2) is 9.78 Å². The minimum Gasteiger partial charge on any atom is -0.378 e. The first-order valence-electron chi connectivity index (χ1n) is 12.0. The average Bonchev–Trinajstić information content (AvgIpc) is 2.97. The summed E-state index contributed by atoms with van der Waals surface area (Å²) in [5.74, 6) is 0.279. The van der Waals surface area contributed by atoms with Gasteiger partial charge in [-0.3, -0.25) is 0 Å². The smallest absolute Gasteiger partial charge is 0.201 e. The molecule has 1 N–H and O–H groups in total. The van der Waals surface area contributed by atoms with Crippen LogP contribution in [0.5, 0.6) is 0 Å². The van der Waals surface area contributed by atoms with Crippen LogP contribution in [0.3, 0.4) is 0 Å². The summed E-state index contributed by atoms with van der Waals surface area (Å²) in [5, 5.41) is 11.0. The van der Waals surface area contributed by atoms with E-state index in [4.69, 9.17) is 19.2 Å². The van der Waals surface area contributed by atoms with Crippen molar-refractivity contribution in [2.45, 2.75) is 82.8 Å². The highest BCUT2D eigenvalue weighted by Gasteiger charge is 2.69. The van der Waals surface area contributed by atoms with E-state index in [2.05, 4.69) is 50.2 Å². The fourth-order valence-corrected chi connectivity index (χ4v) is 6.58. The lowest BCUT2D eigenvalue weighted by molar-refractivity contribution is -0.577. The van der Waals surface area contributed by atoms with Gasteiger partial charge in [0, 0.05) is 38.0 Å². The van der Waals surface area contributed by atoms with Crippen molar-refractivity contribution in [1.29, 1.82) is 0 Å². The highest BCUT2D eigenvalue weighted by Crippen LogP contribution is 2.60. The molecule has 6 rings (SSSR count). The lowest BCUT2D eigenvalue weighted by atomic mass is 9.57. The summed E-state index contributed by atoms with van der Waals surface area (Å²) >= 11 is 0. The standard InChI is InChI=1S/C25H37NO5/c1-16-8-13-21-19(7-5-6-17-9-11-18(12-10-17)26(3)4)22(27)28-23-25(21)20(16)14-15-24(2,29-23)30-31-25/h9-12,16,19-23,27H,5-8,13-15H2,1-4H3/t16-,19-,20+,21+,22?,23-,24?,25?/m1/s1. The van der Waals surface area contributed by atoms with E-state index in [0.717, 1.165) is 44.9 Å². The molecule has 4 aliphatic heterocycles. The second-order valence-corrected chi connectivity index (χ2v) is 10.6. The molecule has 172 valence electrons. The summed E-state index contributed by atoms with van der Waals surface area (Å²) in [4.78, 5) is 14.2. The summed E-state index contributed by atoms with van der Waals surface area (Å²) in [6.07, 6.45) is 5.48. The molecule has 8 atom stereocenters. The third-order valence-electron chi connectivity index (χ3n) is 8.38. The van der Waals surface area contributed by atoms with Crippen LogP contribution in [0.25, 0.3) is 0 Å². The van der Waals surface area contributed by atoms with Crippen LogP contribution in [0.15, 0.2) is 24.3 Å². The van der Waals surface area contributed by atoms with Crippen molar-refractivity contribution in [2.24, 2.45) is 23.7 Å². The zero-order chi connectivity index (χ0) is 21.8. The molecule has 0 radical (unpaired) electrons. The Labute approximate surface area is 185 Å². The first-order chi connectivity index (χ1) is 14.8. The molecule has 4 heterocycles. The van der Waals surface area contributed by atoms with Crippen molar-refractivity contribution < 1.29 is 24.4 Å². The molecule has 5 aliphatic rings. The highest BCUT2D eigenvalue weighted by molar-refractivity contribution is 5.46. The topological polar surface area (TPSA) is 60.4 Å². The van der Waals surface area contributed by atoms with Crippen molar-refractivity contribution in [3.8, 4) is 0 Å². The predicted molar refractivity (Wildman–Crippen MR) is 117 cm³/mol. The monoisotopic (exact) mass is 431 g/mol. The van der Waals surface area contributed by atoms with Crippen LogP contribution in [0.4, 0.5) is 5.69 Å². The second kappa shape index (κ2) is 7.99. The minimum absolute atomic E-state index is 0.0296. The molecule has 1 aliphatic carbocycles. The number of ether oxygens (including phenoxy) is 2. The van der Waals surface area contributed by atoms with Crippen molar-refractivity contribution in [1.82, 2.24) is 0 Å². The van der Waals surface area contributed by atoms with E-state index in [0.29, 0.717) is 11.8 Å². The Morgan fingerprint density at radius 1 is 1.06 bits per heavy atom. The van der Waals surface area contributed by atoms with E-state index < -0.39 is 24.0 Å².